The molecule has 0 amide bonds. The minimum atomic E-state index is 0. The second kappa shape index (κ2) is 7.63. The summed E-state index contributed by atoms with van der Waals surface area (Å²) in [6.07, 6.45) is 4.25. The molecule has 7 heteroatoms. The Bertz CT molecular complexity index is 510. The fourth-order valence-electron chi connectivity index (χ4n) is 3.21. The van der Waals surface area contributed by atoms with Crippen LogP contribution in [0.2, 0.25) is 0 Å². The van der Waals surface area contributed by atoms with E-state index in [1.807, 2.05) is 13.1 Å². The van der Waals surface area contributed by atoms with Gasteiger partial charge < -0.3 is 15.0 Å². The molecule has 1 spiro atoms. The van der Waals surface area contributed by atoms with Crippen LogP contribution in [0.15, 0.2) is 11.2 Å². The van der Waals surface area contributed by atoms with Crippen LogP contribution in [0.3, 0.4) is 0 Å². The number of ether oxygens (including phenoxy) is 1. The van der Waals surface area contributed by atoms with Crippen molar-refractivity contribution in [2.45, 2.75) is 33.2 Å². The quantitative estimate of drug-likeness (QED) is 0.447. The number of guanidine groups is 1. The number of hydrogen-bond acceptors (Lipinski definition) is 3. The predicted molar refractivity (Wildman–Crippen MR) is 97.6 cm³/mol. The van der Waals surface area contributed by atoms with Crippen LogP contribution in [0.5, 0.6) is 0 Å². The van der Waals surface area contributed by atoms with Gasteiger partial charge in [0, 0.05) is 42.9 Å². The molecule has 0 aliphatic carbocycles. The maximum absolute atomic E-state index is 5.61. The lowest BCUT2D eigenvalue weighted by Crippen LogP contribution is -2.41. The average Bonchev–Trinajstić information content (AvgIpc) is 3.19. The highest BCUT2D eigenvalue weighted by Crippen LogP contribution is 2.38. The second-order valence-electron chi connectivity index (χ2n) is 6.16. The number of nitrogens with zero attached hydrogens (tertiary/aromatic N) is 3. The van der Waals surface area contributed by atoms with Crippen molar-refractivity contribution in [2.24, 2.45) is 10.4 Å². The first-order chi connectivity index (χ1) is 10.2. The van der Waals surface area contributed by atoms with Gasteiger partial charge >= 0.3 is 0 Å². The van der Waals surface area contributed by atoms with Gasteiger partial charge in [0.15, 0.2) is 5.96 Å². The highest BCUT2D eigenvalue weighted by molar-refractivity contribution is 14.0. The molecule has 3 rings (SSSR count). The lowest BCUT2D eigenvalue weighted by atomic mass is 9.87. The first-order valence-electron chi connectivity index (χ1n) is 7.82. The third-order valence-corrected chi connectivity index (χ3v) is 4.59. The number of aromatic amines is 1. The lowest BCUT2D eigenvalue weighted by molar-refractivity contribution is 0.156. The number of halogens is 1. The second-order valence-corrected chi connectivity index (χ2v) is 6.16. The molecule has 2 N–H and O–H groups in total. The molecule has 1 atom stereocenters. The Morgan fingerprint density at radius 3 is 3.05 bits per heavy atom. The molecule has 2 fully saturated rings. The Hall–Kier alpha value is -0.830. The van der Waals surface area contributed by atoms with E-state index >= 15 is 0 Å². The van der Waals surface area contributed by atoms with Gasteiger partial charge in [0.25, 0.3) is 0 Å². The average molecular weight is 419 g/mol. The number of nitrogens with one attached hydrogen (secondary N) is 2. The van der Waals surface area contributed by atoms with E-state index in [0.29, 0.717) is 12.0 Å². The van der Waals surface area contributed by atoms with Gasteiger partial charge in [-0.05, 0) is 26.7 Å². The summed E-state index contributed by atoms with van der Waals surface area (Å²) >= 11 is 0. The van der Waals surface area contributed by atoms with Gasteiger partial charge in [0.1, 0.15) is 0 Å². The van der Waals surface area contributed by atoms with Gasteiger partial charge in [-0.3, -0.25) is 5.10 Å². The fraction of sp³-hybridized carbons (Fsp3) is 0.733. The molecule has 3 heterocycles. The minimum Gasteiger partial charge on any atom is -0.381 e. The molecule has 0 saturated carbocycles. The summed E-state index contributed by atoms with van der Waals surface area (Å²) in [5.74, 6) is 1.02. The van der Waals surface area contributed by atoms with Gasteiger partial charge in [-0.1, -0.05) is 0 Å². The van der Waals surface area contributed by atoms with Crippen LogP contribution in [0, 0.1) is 12.3 Å². The molecule has 1 aromatic heterocycles. The summed E-state index contributed by atoms with van der Waals surface area (Å²) in [5, 5.41) is 10.4. The summed E-state index contributed by atoms with van der Waals surface area (Å²) in [5.41, 5.74) is 2.61. The van der Waals surface area contributed by atoms with Gasteiger partial charge in [-0.15, -0.1) is 24.0 Å². The Kier molecular flexibility index (Phi) is 6.08. The van der Waals surface area contributed by atoms with E-state index in [1.54, 1.807) is 0 Å². The summed E-state index contributed by atoms with van der Waals surface area (Å²) < 4.78 is 5.61. The number of aryl methyl sites for hydroxylation is 1. The van der Waals surface area contributed by atoms with Crippen molar-refractivity contribution in [1.82, 2.24) is 20.4 Å². The van der Waals surface area contributed by atoms with E-state index in [1.165, 1.54) is 12.8 Å². The van der Waals surface area contributed by atoms with E-state index in [9.17, 15) is 0 Å². The van der Waals surface area contributed by atoms with Crippen LogP contribution in [0.1, 0.15) is 31.0 Å². The SMILES string of the molecule is CCNC(=NCc1cn[nH]c1C)N1CCC2(CCOC2)C1.I. The maximum Gasteiger partial charge on any atom is 0.194 e. The minimum absolute atomic E-state index is 0. The zero-order chi connectivity index (χ0) is 14.7. The van der Waals surface area contributed by atoms with Crippen molar-refractivity contribution in [3.8, 4) is 0 Å². The van der Waals surface area contributed by atoms with Crippen molar-refractivity contribution < 1.29 is 4.74 Å². The highest BCUT2D eigenvalue weighted by atomic mass is 127. The number of aliphatic imine (C=N–C) groups is 1. The van der Waals surface area contributed by atoms with Crippen molar-refractivity contribution in [2.75, 3.05) is 32.8 Å². The molecule has 0 radical (unpaired) electrons. The Morgan fingerprint density at radius 2 is 2.41 bits per heavy atom. The molecular formula is C15H26IN5O. The Balaban J connectivity index is 0.00000176. The molecule has 2 saturated heterocycles. The van der Waals surface area contributed by atoms with Crippen molar-refractivity contribution >= 4 is 29.9 Å². The van der Waals surface area contributed by atoms with Gasteiger partial charge in [0.2, 0.25) is 0 Å². The molecule has 0 bridgehead atoms. The molecular weight excluding hydrogens is 393 g/mol. The number of H-pyrrole nitrogens is 1. The Morgan fingerprint density at radius 1 is 1.55 bits per heavy atom. The van der Waals surface area contributed by atoms with Crippen LogP contribution < -0.4 is 5.32 Å². The third-order valence-electron chi connectivity index (χ3n) is 4.59. The normalized spacial score (nSPS) is 24.8. The van der Waals surface area contributed by atoms with Crippen molar-refractivity contribution in [3.05, 3.63) is 17.5 Å². The monoisotopic (exact) mass is 419 g/mol. The molecule has 2 aliphatic heterocycles. The first kappa shape index (κ1) is 17.5. The number of aromatic nitrogens is 2. The summed E-state index contributed by atoms with van der Waals surface area (Å²) in [4.78, 5) is 7.17. The third kappa shape index (κ3) is 3.73. The molecule has 2 aliphatic rings. The number of hydrogen-bond donors (Lipinski definition) is 2. The van der Waals surface area contributed by atoms with Crippen LogP contribution in [0.25, 0.3) is 0 Å². The molecule has 124 valence electrons. The van der Waals surface area contributed by atoms with E-state index in [-0.39, 0.29) is 24.0 Å². The molecule has 0 aromatic carbocycles. The molecule has 22 heavy (non-hydrogen) atoms. The lowest BCUT2D eigenvalue weighted by Gasteiger charge is -2.24. The van der Waals surface area contributed by atoms with E-state index < -0.39 is 0 Å². The number of likely N-dealkylation sites (tertiary alicyclic amines) is 1. The highest BCUT2D eigenvalue weighted by Gasteiger charge is 2.42. The number of rotatable bonds is 3. The molecule has 1 unspecified atom stereocenters. The standard InChI is InChI=1S/C15H25N5O.HI/c1-3-16-14(17-8-13-9-18-19-12(13)2)20-6-4-15(10-20)5-7-21-11-15;/h9H,3-8,10-11H2,1-2H3,(H,16,17)(H,18,19);1H. The topological polar surface area (TPSA) is 65.5 Å². The summed E-state index contributed by atoms with van der Waals surface area (Å²) in [7, 11) is 0. The van der Waals surface area contributed by atoms with Crippen LogP contribution in [-0.4, -0.2) is 53.9 Å². The van der Waals surface area contributed by atoms with E-state index in [4.69, 9.17) is 9.73 Å². The van der Waals surface area contributed by atoms with E-state index in [2.05, 4.69) is 27.3 Å². The van der Waals surface area contributed by atoms with Crippen molar-refractivity contribution in [3.63, 3.8) is 0 Å². The van der Waals surface area contributed by atoms with Gasteiger partial charge in [0.05, 0.1) is 19.3 Å². The van der Waals surface area contributed by atoms with Gasteiger partial charge in [-0.2, -0.15) is 5.10 Å². The zero-order valence-electron chi connectivity index (χ0n) is 13.4. The maximum atomic E-state index is 5.61. The molecule has 1 aromatic rings. The summed E-state index contributed by atoms with van der Waals surface area (Å²) in [6.45, 7) is 9.66. The molecule has 6 nitrogen and oxygen atoms in total. The fourth-order valence-corrected chi connectivity index (χ4v) is 3.21. The van der Waals surface area contributed by atoms with Crippen molar-refractivity contribution in [1.29, 1.82) is 0 Å². The van der Waals surface area contributed by atoms with Crippen LogP contribution in [0.4, 0.5) is 0 Å². The van der Waals surface area contributed by atoms with Gasteiger partial charge in [-0.25, -0.2) is 4.99 Å². The predicted octanol–water partition coefficient (Wildman–Crippen LogP) is 1.91. The van der Waals surface area contributed by atoms with Crippen LogP contribution >= 0.6 is 24.0 Å². The first-order valence-corrected chi connectivity index (χ1v) is 7.82. The van der Waals surface area contributed by atoms with Crippen LogP contribution in [-0.2, 0) is 11.3 Å². The van der Waals surface area contributed by atoms with E-state index in [0.717, 1.165) is 50.1 Å². The Labute approximate surface area is 149 Å². The zero-order valence-corrected chi connectivity index (χ0v) is 15.7. The largest absolute Gasteiger partial charge is 0.381 e. The summed E-state index contributed by atoms with van der Waals surface area (Å²) in [6, 6.07) is 0. The smallest absolute Gasteiger partial charge is 0.194 e.